The fraction of sp³-hybridized carbons (Fsp3) is 0.519. The van der Waals surface area contributed by atoms with E-state index in [2.05, 4.69) is 5.32 Å². The molecule has 1 N–H and O–H groups in total. The predicted octanol–water partition coefficient (Wildman–Crippen LogP) is 5.16. The third-order valence-corrected chi connectivity index (χ3v) is 6.53. The standard InChI is InChI=1S/C27H33ClFNO5/c1-17(2)30-25(31)27(33-16-19-9-5-6-11-21(19)29)13-22(24-23(14-27)34-26(3,4)35-24)32-15-18-8-7-10-20(28)12-18/h5-12,17,22-24H,13-16H2,1-4H3,(H,30,31)/t22?,23-,24+,27-/m1/s1. The molecule has 2 fully saturated rings. The van der Waals surface area contributed by atoms with Crippen LogP contribution in [0.3, 0.4) is 0 Å². The number of carbonyl (C=O) groups is 1. The second-order valence-corrected chi connectivity index (χ2v) is 10.5. The van der Waals surface area contributed by atoms with E-state index >= 15 is 0 Å². The van der Waals surface area contributed by atoms with E-state index in [1.165, 1.54) is 6.07 Å². The van der Waals surface area contributed by atoms with Crippen LogP contribution in [0.15, 0.2) is 48.5 Å². The Bertz CT molecular complexity index is 1050. The number of ether oxygens (including phenoxy) is 4. The molecule has 0 radical (unpaired) electrons. The lowest BCUT2D eigenvalue weighted by atomic mass is 9.78. The number of fused-ring (bicyclic) bond motifs is 1. The molecular weight excluding hydrogens is 473 g/mol. The van der Waals surface area contributed by atoms with Crippen LogP contribution in [0.1, 0.15) is 51.7 Å². The van der Waals surface area contributed by atoms with Crippen molar-refractivity contribution in [1.29, 1.82) is 0 Å². The first-order valence-electron chi connectivity index (χ1n) is 12.0. The Kier molecular flexibility index (Phi) is 7.83. The van der Waals surface area contributed by atoms with Crippen molar-refractivity contribution in [2.45, 2.75) is 89.5 Å². The van der Waals surface area contributed by atoms with E-state index in [1.54, 1.807) is 24.3 Å². The second-order valence-electron chi connectivity index (χ2n) is 10.0. The van der Waals surface area contributed by atoms with E-state index in [9.17, 15) is 9.18 Å². The van der Waals surface area contributed by atoms with Crippen molar-refractivity contribution < 1.29 is 28.1 Å². The first kappa shape index (κ1) is 26.0. The van der Waals surface area contributed by atoms with Gasteiger partial charge in [0.25, 0.3) is 5.91 Å². The van der Waals surface area contributed by atoms with Crippen LogP contribution in [0, 0.1) is 5.82 Å². The number of amides is 1. The van der Waals surface area contributed by atoms with E-state index in [-0.39, 0.29) is 49.9 Å². The number of halogens is 2. The number of nitrogens with one attached hydrogen (secondary N) is 1. The van der Waals surface area contributed by atoms with Gasteiger partial charge in [-0.05, 0) is 51.5 Å². The van der Waals surface area contributed by atoms with Gasteiger partial charge in [-0.2, -0.15) is 0 Å². The Balaban J connectivity index is 1.62. The first-order valence-corrected chi connectivity index (χ1v) is 12.3. The highest BCUT2D eigenvalue weighted by molar-refractivity contribution is 6.30. The molecule has 2 aromatic rings. The van der Waals surface area contributed by atoms with Gasteiger partial charge in [0.1, 0.15) is 11.9 Å². The van der Waals surface area contributed by atoms with Crippen LogP contribution in [-0.4, -0.2) is 41.6 Å². The smallest absolute Gasteiger partial charge is 0.252 e. The fourth-order valence-corrected chi connectivity index (χ4v) is 4.98. The van der Waals surface area contributed by atoms with Crippen LogP contribution in [0.25, 0.3) is 0 Å². The molecule has 1 aliphatic heterocycles. The van der Waals surface area contributed by atoms with Crippen LogP contribution in [0.4, 0.5) is 4.39 Å². The van der Waals surface area contributed by atoms with Crippen molar-refractivity contribution in [3.05, 3.63) is 70.5 Å². The summed E-state index contributed by atoms with van der Waals surface area (Å²) in [5, 5.41) is 3.60. The van der Waals surface area contributed by atoms with E-state index in [4.69, 9.17) is 30.5 Å². The summed E-state index contributed by atoms with van der Waals surface area (Å²) in [5.41, 5.74) is 0.00483. The molecule has 1 unspecified atom stereocenters. The lowest BCUT2D eigenvalue weighted by Crippen LogP contribution is -2.60. The number of hydrogen-bond acceptors (Lipinski definition) is 5. The van der Waals surface area contributed by atoms with Crippen LogP contribution in [-0.2, 0) is 37.0 Å². The van der Waals surface area contributed by atoms with Gasteiger partial charge in [-0.15, -0.1) is 0 Å². The van der Waals surface area contributed by atoms with Gasteiger partial charge in [-0.3, -0.25) is 4.79 Å². The molecule has 1 amide bonds. The van der Waals surface area contributed by atoms with Crippen molar-refractivity contribution in [2.24, 2.45) is 0 Å². The monoisotopic (exact) mass is 505 g/mol. The summed E-state index contributed by atoms with van der Waals surface area (Å²) in [5.74, 6) is -1.48. The Hall–Kier alpha value is -2.03. The molecule has 2 aliphatic rings. The maximum absolute atomic E-state index is 14.4. The van der Waals surface area contributed by atoms with Gasteiger partial charge in [0, 0.05) is 29.5 Å². The molecular formula is C27H33ClFNO5. The summed E-state index contributed by atoms with van der Waals surface area (Å²) in [6.07, 6.45) is -0.789. The molecule has 1 aliphatic carbocycles. The van der Waals surface area contributed by atoms with Crippen molar-refractivity contribution in [1.82, 2.24) is 5.32 Å². The molecule has 1 saturated carbocycles. The quantitative estimate of drug-likeness (QED) is 0.537. The normalized spacial score (nSPS) is 27.6. The summed E-state index contributed by atoms with van der Waals surface area (Å²) in [6.45, 7) is 7.69. The fourth-order valence-electron chi connectivity index (χ4n) is 4.76. The Morgan fingerprint density at radius 2 is 1.91 bits per heavy atom. The summed E-state index contributed by atoms with van der Waals surface area (Å²) in [7, 11) is 0. The third kappa shape index (κ3) is 6.22. The SMILES string of the molecule is CC(C)NC(=O)[C@@]1(OCc2ccccc2F)CC(OCc2cccc(Cl)c2)[C@@H]2OC(C)(C)O[C@@H]2C1. The molecule has 4 rings (SSSR count). The van der Waals surface area contributed by atoms with E-state index in [0.29, 0.717) is 10.6 Å². The molecule has 0 aromatic heterocycles. The minimum Gasteiger partial charge on any atom is -0.371 e. The Morgan fingerprint density at radius 1 is 1.14 bits per heavy atom. The Labute approximate surface area is 211 Å². The molecule has 6 nitrogen and oxygen atoms in total. The molecule has 190 valence electrons. The number of rotatable bonds is 8. The average molecular weight is 506 g/mol. The molecule has 2 aromatic carbocycles. The summed E-state index contributed by atoms with van der Waals surface area (Å²) in [4.78, 5) is 13.6. The van der Waals surface area contributed by atoms with Crippen molar-refractivity contribution >= 4 is 17.5 Å². The van der Waals surface area contributed by atoms with Gasteiger partial charge >= 0.3 is 0 Å². The molecule has 0 bridgehead atoms. The summed E-state index contributed by atoms with van der Waals surface area (Å²) in [6, 6.07) is 13.7. The zero-order valence-corrected chi connectivity index (χ0v) is 21.3. The molecule has 4 atom stereocenters. The van der Waals surface area contributed by atoms with Gasteiger partial charge in [0.15, 0.2) is 11.4 Å². The van der Waals surface area contributed by atoms with E-state index in [0.717, 1.165) is 5.56 Å². The van der Waals surface area contributed by atoms with Crippen LogP contribution in [0.5, 0.6) is 0 Å². The highest BCUT2D eigenvalue weighted by Crippen LogP contribution is 2.44. The van der Waals surface area contributed by atoms with Gasteiger partial charge < -0.3 is 24.3 Å². The summed E-state index contributed by atoms with van der Waals surface area (Å²) >= 11 is 6.14. The van der Waals surface area contributed by atoms with E-state index in [1.807, 2.05) is 45.9 Å². The van der Waals surface area contributed by atoms with Gasteiger partial charge in [0.2, 0.25) is 0 Å². The highest BCUT2D eigenvalue weighted by Gasteiger charge is 2.58. The second kappa shape index (κ2) is 10.5. The first-order chi connectivity index (χ1) is 16.6. The van der Waals surface area contributed by atoms with Crippen LogP contribution >= 0.6 is 11.6 Å². The zero-order chi connectivity index (χ0) is 25.2. The largest absolute Gasteiger partial charge is 0.371 e. The topological polar surface area (TPSA) is 66.0 Å². The zero-order valence-electron chi connectivity index (χ0n) is 20.6. The number of carbonyl (C=O) groups excluding carboxylic acids is 1. The lowest BCUT2D eigenvalue weighted by Gasteiger charge is -2.43. The maximum Gasteiger partial charge on any atom is 0.252 e. The predicted molar refractivity (Wildman–Crippen MR) is 130 cm³/mol. The lowest BCUT2D eigenvalue weighted by molar-refractivity contribution is -0.184. The highest BCUT2D eigenvalue weighted by atomic mass is 35.5. The van der Waals surface area contributed by atoms with Gasteiger partial charge in [-0.25, -0.2) is 4.39 Å². The van der Waals surface area contributed by atoms with Crippen molar-refractivity contribution in [2.75, 3.05) is 0 Å². The minimum absolute atomic E-state index is 0.0547. The van der Waals surface area contributed by atoms with Crippen LogP contribution < -0.4 is 5.32 Å². The van der Waals surface area contributed by atoms with Gasteiger partial charge in [-0.1, -0.05) is 41.9 Å². The third-order valence-electron chi connectivity index (χ3n) is 6.30. The molecule has 1 heterocycles. The molecule has 8 heteroatoms. The Morgan fingerprint density at radius 3 is 2.63 bits per heavy atom. The van der Waals surface area contributed by atoms with E-state index < -0.39 is 23.6 Å². The maximum atomic E-state index is 14.4. The summed E-state index contributed by atoms with van der Waals surface area (Å²) < 4.78 is 39.3. The number of hydrogen-bond donors (Lipinski definition) is 1. The molecule has 0 spiro atoms. The molecule has 1 saturated heterocycles. The van der Waals surface area contributed by atoms with Gasteiger partial charge in [0.05, 0.1) is 25.4 Å². The minimum atomic E-state index is -1.28. The molecule has 35 heavy (non-hydrogen) atoms. The van der Waals surface area contributed by atoms with Crippen LogP contribution in [0.2, 0.25) is 5.02 Å². The van der Waals surface area contributed by atoms with Crippen molar-refractivity contribution in [3.63, 3.8) is 0 Å². The number of benzene rings is 2. The average Bonchev–Trinajstić information content (AvgIpc) is 3.10. The van der Waals surface area contributed by atoms with Crippen molar-refractivity contribution in [3.8, 4) is 0 Å².